The highest BCUT2D eigenvalue weighted by molar-refractivity contribution is 6.04. The van der Waals surface area contributed by atoms with E-state index in [-0.39, 0.29) is 5.91 Å². The number of amides is 1. The zero-order valence-electron chi connectivity index (χ0n) is 15.9. The normalized spacial score (nSPS) is 15.1. The molecule has 1 saturated heterocycles. The third-order valence-corrected chi connectivity index (χ3v) is 5.53. The summed E-state index contributed by atoms with van der Waals surface area (Å²) in [5.74, 6) is 2.06. The summed E-state index contributed by atoms with van der Waals surface area (Å²) in [5, 5.41) is 15.4. The Morgan fingerprint density at radius 2 is 1.83 bits per heavy atom. The lowest BCUT2D eigenvalue weighted by molar-refractivity contribution is 0.0686. The minimum Gasteiger partial charge on any atom is -0.337 e. The van der Waals surface area contributed by atoms with E-state index in [1.807, 2.05) is 41.3 Å². The molecule has 146 valence electrons. The Labute approximate surface area is 167 Å². The molecule has 1 fully saturated rings. The molecule has 0 saturated carbocycles. The van der Waals surface area contributed by atoms with Crippen molar-refractivity contribution in [2.24, 2.45) is 5.92 Å². The Balaban J connectivity index is 1.21. The minimum absolute atomic E-state index is 0.000499. The Bertz CT molecular complexity index is 1130. The highest BCUT2D eigenvalue weighted by Gasteiger charge is 2.26. The second-order valence-corrected chi connectivity index (χ2v) is 7.40. The molecular formula is C21H21N7O. The van der Waals surface area contributed by atoms with Crippen molar-refractivity contribution in [1.82, 2.24) is 35.3 Å². The molecule has 29 heavy (non-hydrogen) atoms. The van der Waals surface area contributed by atoms with E-state index in [4.69, 9.17) is 0 Å². The molecule has 1 aromatic carbocycles. The fourth-order valence-corrected chi connectivity index (χ4v) is 3.91. The van der Waals surface area contributed by atoms with Crippen LogP contribution >= 0.6 is 0 Å². The topological polar surface area (TPSA) is 103 Å². The number of likely N-dealkylation sites (tertiary alicyclic amines) is 1. The second-order valence-electron chi connectivity index (χ2n) is 7.40. The Morgan fingerprint density at radius 1 is 1.03 bits per heavy atom. The maximum Gasteiger partial charge on any atom is 0.274 e. The molecule has 0 unspecified atom stereocenters. The van der Waals surface area contributed by atoms with Crippen LogP contribution in [0.1, 0.15) is 29.2 Å². The SMILES string of the molecule is O=C(c1n[nH]c2ccccc12)N1CCC(Cc2nc(-c3ccncc3)n[nH]2)CC1. The Morgan fingerprint density at radius 3 is 2.66 bits per heavy atom. The van der Waals surface area contributed by atoms with E-state index >= 15 is 0 Å². The lowest BCUT2D eigenvalue weighted by Crippen LogP contribution is -2.39. The highest BCUT2D eigenvalue weighted by atomic mass is 16.2. The van der Waals surface area contributed by atoms with Gasteiger partial charge < -0.3 is 4.90 Å². The summed E-state index contributed by atoms with van der Waals surface area (Å²) >= 11 is 0. The number of benzene rings is 1. The van der Waals surface area contributed by atoms with Crippen LogP contribution in [0.3, 0.4) is 0 Å². The van der Waals surface area contributed by atoms with E-state index < -0.39 is 0 Å². The molecule has 0 atom stereocenters. The number of aromatic nitrogens is 6. The molecule has 0 bridgehead atoms. The maximum absolute atomic E-state index is 12.9. The fourth-order valence-electron chi connectivity index (χ4n) is 3.91. The van der Waals surface area contributed by atoms with Crippen LogP contribution in [0.2, 0.25) is 0 Å². The van der Waals surface area contributed by atoms with Crippen molar-refractivity contribution >= 4 is 16.8 Å². The average molecular weight is 387 g/mol. The van der Waals surface area contributed by atoms with Gasteiger partial charge in [-0.05, 0) is 37.0 Å². The van der Waals surface area contributed by atoms with E-state index in [0.29, 0.717) is 17.4 Å². The molecule has 8 nitrogen and oxygen atoms in total. The first-order chi connectivity index (χ1) is 14.3. The molecule has 0 radical (unpaired) electrons. The van der Waals surface area contributed by atoms with Gasteiger partial charge in [0, 0.05) is 42.9 Å². The molecule has 1 aliphatic rings. The van der Waals surface area contributed by atoms with E-state index in [1.54, 1.807) is 12.4 Å². The van der Waals surface area contributed by atoms with Crippen LogP contribution in [0.5, 0.6) is 0 Å². The summed E-state index contributed by atoms with van der Waals surface area (Å²) in [7, 11) is 0. The summed E-state index contributed by atoms with van der Waals surface area (Å²) in [6, 6.07) is 11.5. The maximum atomic E-state index is 12.9. The number of aromatic amines is 2. The number of hydrogen-bond donors (Lipinski definition) is 2. The molecule has 0 spiro atoms. The Hall–Kier alpha value is -3.55. The summed E-state index contributed by atoms with van der Waals surface area (Å²) in [4.78, 5) is 23.5. The first kappa shape index (κ1) is 17.5. The van der Waals surface area contributed by atoms with Crippen LogP contribution in [0.4, 0.5) is 0 Å². The summed E-state index contributed by atoms with van der Waals surface area (Å²) in [6.07, 6.45) is 6.20. The van der Waals surface area contributed by atoms with E-state index in [2.05, 4.69) is 30.4 Å². The van der Waals surface area contributed by atoms with Crippen LogP contribution in [0.25, 0.3) is 22.3 Å². The number of H-pyrrole nitrogens is 2. The number of hydrogen-bond acceptors (Lipinski definition) is 5. The molecule has 8 heteroatoms. The van der Waals surface area contributed by atoms with Crippen molar-refractivity contribution in [3.63, 3.8) is 0 Å². The number of para-hydroxylation sites is 1. The third-order valence-electron chi connectivity index (χ3n) is 5.53. The zero-order chi connectivity index (χ0) is 19.6. The molecule has 1 aliphatic heterocycles. The second kappa shape index (κ2) is 7.46. The van der Waals surface area contributed by atoms with Gasteiger partial charge in [-0.2, -0.15) is 10.2 Å². The van der Waals surface area contributed by atoms with Gasteiger partial charge in [0.2, 0.25) is 0 Å². The predicted octanol–water partition coefficient (Wildman–Crippen LogP) is 2.84. The molecule has 4 aromatic rings. The number of fused-ring (bicyclic) bond motifs is 1. The predicted molar refractivity (Wildman–Crippen MR) is 108 cm³/mol. The number of pyridine rings is 1. The molecule has 3 aromatic heterocycles. The van der Waals surface area contributed by atoms with Gasteiger partial charge in [0.25, 0.3) is 5.91 Å². The van der Waals surface area contributed by atoms with Crippen molar-refractivity contribution in [3.8, 4) is 11.4 Å². The van der Waals surface area contributed by atoms with Gasteiger partial charge >= 0.3 is 0 Å². The van der Waals surface area contributed by atoms with Crippen molar-refractivity contribution in [1.29, 1.82) is 0 Å². The largest absolute Gasteiger partial charge is 0.337 e. The number of nitrogens with zero attached hydrogens (tertiary/aromatic N) is 5. The Kier molecular flexibility index (Phi) is 4.51. The van der Waals surface area contributed by atoms with Crippen LogP contribution in [0.15, 0.2) is 48.8 Å². The summed E-state index contributed by atoms with van der Waals surface area (Å²) in [6.45, 7) is 1.46. The number of carbonyl (C=O) groups excluding carboxylic acids is 1. The smallest absolute Gasteiger partial charge is 0.274 e. The summed E-state index contributed by atoms with van der Waals surface area (Å²) < 4.78 is 0. The molecule has 0 aliphatic carbocycles. The molecule has 4 heterocycles. The monoisotopic (exact) mass is 387 g/mol. The molecule has 2 N–H and O–H groups in total. The zero-order valence-corrected chi connectivity index (χ0v) is 15.9. The first-order valence-electron chi connectivity index (χ1n) is 9.82. The van der Waals surface area contributed by atoms with Gasteiger partial charge in [0.05, 0.1) is 5.52 Å². The van der Waals surface area contributed by atoms with Gasteiger partial charge in [0.1, 0.15) is 5.82 Å². The van der Waals surface area contributed by atoms with Crippen molar-refractivity contribution in [2.45, 2.75) is 19.3 Å². The van der Waals surface area contributed by atoms with Crippen molar-refractivity contribution < 1.29 is 4.79 Å². The minimum atomic E-state index is 0.000499. The van der Waals surface area contributed by atoms with Crippen LogP contribution in [0, 0.1) is 5.92 Å². The van der Waals surface area contributed by atoms with Gasteiger partial charge in [-0.25, -0.2) is 4.98 Å². The quantitative estimate of drug-likeness (QED) is 0.560. The molecule has 5 rings (SSSR count). The first-order valence-corrected chi connectivity index (χ1v) is 9.82. The average Bonchev–Trinajstić information content (AvgIpc) is 3.42. The van der Waals surface area contributed by atoms with E-state index in [0.717, 1.165) is 54.6 Å². The molecular weight excluding hydrogens is 366 g/mol. The number of piperidine rings is 1. The molecule has 1 amide bonds. The van der Waals surface area contributed by atoms with Gasteiger partial charge in [-0.3, -0.25) is 20.0 Å². The van der Waals surface area contributed by atoms with Crippen LogP contribution < -0.4 is 0 Å². The lowest BCUT2D eigenvalue weighted by Gasteiger charge is -2.31. The fraction of sp³-hybridized carbons (Fsp3) is 0.286. The summed E-state index contributed by atoms with van der Waals surface area (Å²) in [5.41, 5.74) is 2.35. The van der Waals surface area contributed by atoms with Gasteiger partial charge in [0.15, 0.2) is 11.5 Å². The van der Waals surface area contributed by atoms with E-state index in [1.165, 1.54) is 0 Å². The van der Waals surface area contributed by atoms with E-state index in [9.17, 15) is 4.79 Å². The standard InChI is InChI=1S/C21H21N7O/c29-21(19-16-3-1-2-4-17(16)24-26-19)28-11-7-14(8-12-28)13-18-23-20(27-25-18)15-5-9-22-10-6-15/h1-6,9-10,14H,7-8,11-13H2,(H,24,26)(H,23,25,27). The van der Waals surface area contributed by atoms with Crippen molar-refractivity contribution in [3.05, 3.63) is 60.3 Å². The number of rotatable bonds is 4. The van der Waals surface area contributed by atoms with Crippen LogP contribution in [-0.4, -0.2) is 54.3 Å². The van der Waals surface area contributed by atoms with Gasteiger partial charge in [-0.1, -0.05) is 18.2 Å². The van der Waals surface area contributed by atoms with Crippen LogP contribution in [-0.2, 0) is 6.42 Å². The highest BCUT2D eigenvalue weighted by Crippen LogP contribution is 2.24. The lowest BCUT2D eigenvalue weighted by atomic mass is 9.93. The van der Waals surface area contributed by atoms with Gasteiger partial charge in [-0.15, -0.1) is 0 Å². The third kappa shape index (κ3) is 3.49. The number of carbonyl (C=O) groups is 1. The van der Waals surface area contributed by atoms with Crippen molar-refractivity contribution in [2.75, 3.05) is 13.1 Å². The number of nitrogens with one attached hydrogen (secondary N) is 2.